The minimum absolute atomic E-state index is 0.0508. The number of amides is 1. The number of carbonyl (C=O) groups is 1. The molecule has 1 aliphatic heterocycles. The first-order chi connectivity index (χ1) is 17.0. The molecule has 0 saturated carbocycles. The van der Waals surface area contributed by atoms with Gasteiger partial charge in [-0.05, 0) is 36.6 Å². The van der Waals surface area contributed by atoms with Crippen LogP contribution in [0.1, 0.15) is 34.3 Å². The highest BCUT2D eigenvalue weighted by Crippen LogP contribution is 2.31. The number of hydrogen-bond donors (Lipinski definition) is 2. The van der Waals surface area contributed by atoms with Gasteiger partial charge in [-0.15, -0.1) is 0 Å². The second kappa shape index (κ2) is 9.85. The maximum Gasteiger partial charge on any atom is 0.307 e. The van der Waals surface area contributed by atoms with Crippen LogP contribution in [0, 0.1) is 12.8 Å². The molecule has 0 aliphatic carbocycles. The summed E-state index contributed by atoms with van der Waals surface area (Å²) in [6.45, 7) is 3.08. The molecule has 4 heterocycles. The van der Waals surface area contributed by atoms with Crippen LogP contribution in [0.4, 0.5) is 11.8 Å². The molecule has 1 unspecified atom stereocenters. The molecule has 3 aromatic heterocycles. The van der Waals surface area contributed by atoms with Crippen molar-refractivity contribution >= 4 is 29.3 Å². The Hall–Kier alpha value is -3.76. The molecule has 0 bridgehead atoms. The molecule has 5 rings (SSSR count). The van der Waals surface area contributed by atoms with Gasteiger partial charge in [0.25, 0.3) is 5.89 Å². The predicted molar refractivity (Wildman–Crippen MR) is 129 cm³/mol. The smallest absolute Gasteiger partial charge is 0.307 e. The van der Waals surface area contributed by atoms with Crippen LogP contribution in [-0.2, 0) is 11.8 Å². The van der Waals surface area contributed by atoms with E-state index in [0.717, 1.165) is 23.4 Å². The van der Waals surface area contributed by atoms with Gasteiger partial charge in [0.15, 0.2) is 0 Å². The number of rotatable bonds is 7. The number of halogens is 1. The third kappa shape index (κ3) is 5.03. The Labute approximate surface area is 206 Å². The summed E-state index contributed by atoms with van der Waals surface area (Å²) in [5.74, 6) is 0.767. The number of nitrogens with one attached hydrogen (secondary N) is 2. The summed E-state index contributed by atoms with van der Waals surface area (Å²) < 4.78 is 12.8. The van der Waals surface area contributed by atoms with Crippen LogP contribution < -0.4 is 10.6 Å². The zero-order valence-electron chi connectivity index (χ0n) is 19.2. The number of anilines is 2. The minimum atomic E-state index is -0.423. The third-order valence-corrected chi connectivity index (χ3v) is 6.14. The molecule has 0 spiro atoms. The first kappa shape index (κ1) is 23.0. The number of nitrogens with zero attached hydrogens (tertiary/aromatic N) is 5. The summed E-state index contributed by atoms with van der Waals surface area (Å²) in [4.78, 5) is 26.4. The fourth-order valence-electron chi connectivity index (χ4n) is 4.05. The molecule has 0 radical (unpaired) electrons. The molecule has 2 atom stereocenters. The van der Waals surface area contributed by atoms with Crippen molar-refractivity contribution in [3.8, 4) is 11.4 Å². The molecular weight excluding hydrogens is 470 g/mol. The molecule has 180 valence electrons. The largest absolute Gasteiger partial charge is 0.440 e. The van der Waals surface area contributed by atoms with Crippen molar-refractivity contribution in [2.75, 3.05) is 18.5 Å². The highest BCUT2D eigenvalue weighted by atomic mass is 35.5. The standard InChI is InChI=1S/C24H24ClN7O3/c1-14-11-26-24(29-19-6-8-27-32(19)2)31-20(14)18-13-35-23(28-18)22(33)30-21(16-7-9-34-12-16)15-4-3-5-17(25)10-15/h3-6,8,10-11,13,16,21H,7,9,12H2,1-2H3,(H,30,33)(H,26,29,31)/t16-,21?/m0/s1. The van der Waals surface area contributed by atoms with E-state index >= 15 is 0 Å². The summed E-state index contributed by atoms with van der Waals surface area (Å²) >= 11 is 6.20. The Kier molecular flexibility index (Phi) is 6.47. The zero-order chi connectivity index (χ0) is 24.4. The Bertz CT molecular complexity index is 1350. The molecular formula is C24H24ClN7O3. The highest BCUT2D eigenvalue weighted by Gasteiger charge is 2.30. The molecule has 11 heteroatoms. The van der Waals surface area contributed by atoms with Crippen molar-refractivity contribution in [1.29, 1.82) is 0 Å². The van der Waals surface area contributed by atoms with Crippen molar-refractivity contribution in [3.63, 3.8) is 0 Å². The lowest BCUT2D eigenvalue weighted by Crippen LogP contribution is -2.34. The van der Waals surface area contributed by atoms with E-state index < -0.39 is 5.91 Å². The number of hydrogen-bond acceptors (Lipinski definition) is 8. The fourth-order valence-corrected chi connectivity index (χ4v) is 4.25. The van der Waals surface area contributed by atoms with E-state index in [2.05, 4.69) is 30.7 Å². The average molecular weight is 494 g/mol. The predicted octanol–water partition coefficient (Wildman–Crippen LogP) is 4.08. The number of benzene rings is 1. The van der Waals surface area contributed by atoms with Crippen LogP contribution in [0.5, 0.6) is 0 Å². The molecule has 1 saturated heterocycles. The van der Waals surface area contributed by atoms with Crippen LogP contribution in [0.25, 0.3) is 11.4 Å². The Morgan fingerprint density at radius 3 is 2.91 bits per heavy atom. The van der Waals surface area contributed by atoms with Crippen molar-refractivity contribution in [1.82, 2.24) is 30.0 Å². The van der Waals surface area contributed by atoms with Crippen LogP contribution >= 0.6 is 11.6 Å². The van der Waals surface area contributed by atoms with E-state index in [1.165, 1.54) is 6.26 Å². The van der Waals surface area contributed by atoms with Gasteiger partial charge in [0.2, 0.25) is 5.95 Å². The van der Waals surface area contributed by atoms with Crippen molar-refractivity contribution in [2.45, 2.75) is 19.4 Å². The molecule has 1 amide bonds. The normalized spacial score (nSPS) is 16.3. The lowest BCUT2D eigenvalue weighted by Gasteiger charge is -2.23. The van der Waals surface area contributed by atoms with Crippen LogP contribution in [0.3, 0.4) is 0 Å². The van der Waals surface area contributed by atoms with Gasteiger partial charge < -0.3 is 19.8 Å². The van der Waals surface area contributed by atoms with Gasteiger partial charge in [-0.2, -0.15) is 5.10 Å². The number of oxazole rings is 1. The fraction of sp³-hybridized carbons (Fsp3) is 0.292. The average Bonchev–Trinajstić information content (AvgIpc) is 3.62. The van der Waals surface area contributed by atoms with Crippen LogP contribution in [0.15, 0.2) is 53.4 Å². The molecule has 10 nitrogen and oxygen atoms in total. The number of carbonyl (C=O) groups excluding carboxylic acids is 1. The van der Waals surface area contributed by atoms with Crippen LogP contribution in [0.2, 0.25) is 5.02 Å². The second-order valence-electron chi connectivity index (χ2n) is 8.36. The van der Waals surface area contributed by atoms with E-state index in [4.69, 9.17) is 20.8 Å². The van der Waals surface area contributed by atoms with Crippen molar-refractivity contribution in [3.05, 3.63) is 71.0 Å². The van der Waals surface area contributed by atoms with Gasteiger partial charge >= 0.3 is 5.91 Å². The molecule has 4 aromatic rings. The van der Waals surface area contributed by atoms with Gasteiger partial charge in [0.05, 0.1) is 18.8 Å². The van der Waals surface area contributed by atoms with Gasteiger partial charge in [-0.1, -0.05) is 23.7 Å². The Morgan fingerprint density at radius 1 is 1.29 bits per heavy atom. The minimum Gasteiger partial charge on any atom is -0.440 e. The Balaban J connectivity index is 1.37. The van der Waals surface area contributed by atoms with Crippen molar-refractivity contribution < 1.29 is 13.9 Å². The Morgan fingerprint density at radius 2 is 2.17 bits per heavy atom. The second-order valence-corrected chi connectivity index (χ2v) is 8.79. The summed E-state index contributed by atoms with van der Waals surface area (Å²) in [5, 5.41) is 10.9. The van der Waals surface area contributed by atoms with Crippen molar-refractivity contribution in [2.24, 2.45) is 13.0 Å². The number of aryl methyl sites for hydroxylation is 2. The van der Waals surface area contributed by atoms with E-state index in [1.807, 2.05) is 38.2 Å². The van der Waals surface area contributed by atoms with Gasteiger partial charge in [0.1, 0.15) is 23.5 Å². The number of aromatic nitrogens is 5. The SMILES string of the molecule is Cc1cnc(Nc2ccnn2C)nc1-c1coc(C(=O)NC(c2cccc(Cl)c2)[C@H]2CCOC2)n1. The molecule has 1 fully saturated rings. The maximum atomic E-state index is 13.1. The maximum absolute atomic E-state index is 13.1. The first-order valence-corrected chi connectivity index (χ1v) is 11.5. The van der Waals surface area contributed by atoms with E-state index in [9.17, 15) is 4.79 Å². The van der Waals surface area contributed by atoms with Crippen LogP contribution in [-0.4, -0.2) is 43.9 Å². The molecule has 1 aromatic carbocycles. The van der Waals surface area contributed by atoms with E-state index in [-0.39, 0.29) is 17.9 Å². The van der Waals surface area contributed by atoms with E-state index in [0.29, 0.717) is 35.6 Å². The highest BCUT2D eigenvalue weighted by molar-refractivity contribution is 6.30. The third-order valence-electron chi connectivity index (χ3n) is 5.90. The molecule has 1 aliphatic rings. The van der Waals surface area contributed by atoms with E-state index in [1.54, 1.807) is 23.1 Å². The number of ether oxygens (including phenoxy) is 1. The summed E-state index contributed by atoms with van der Waals surface area (Å²) in [6, 6.07) is 8.99. The topological polar surface area (TPSA) is 120 Å². The summed E-state index contributed by atoms with van der Waals surface area (Å²) in [5.41, 5.74) is 2.70. The lowest BCUT2D eigenvalue weighted by atomic mass is 9.92. The summed E-state index contributed by atoms with van der Waals surface area (Å²) in [6.07, 6.45) is 5.62. The molecule has 2 N–H and O–H groups in total. The van der Waals surface area contributed by atoms with Gasteiger partial charge in [0, 0.05) is 36.9 Å². The first-order valence-electron chi connectivity index (χ1n) is 11.2. The van der Waals surface area contributed by atoms with Gasteiger partial charge in [-0.3, -0.25) is 9.48 Å². The monoisotopic (exact) mass is 493 g/mol. The lowest BCUT2D eigenvalue weighted by molar-refractivity contribution is 0.0880. The van der Waals surface area contributed by atoms with Gasteiger partial charge in [-0.25, -0.2) is 15.0 Å². The summed E-state index contributed by atoms with van der Waals surface area (Å²) in [7, 11) is 1.81. The quantitative estimate of drug-likeness (QED) is 0.395. The zero-order valence-corrected chi connectivity index (χ0v) is 20.0. The molecule has 35 heavy (non-hydrogen) atoms.